The van der Waals surface area contributed by atoms with Crippen molar-refractivity contribution < 1.29 is 9.59 Å². The number of carbonyl (C=O) groups is 2. The topological polar surface area (TPSA) is 40.6 Å². The zero-order chi connectivity index (χ0) is 15.6. The Kier molecular flexibility index (Phi) is 5.65. The Morgan fingerprint density at radius 1 is 1.14 bits per heavy atom. The van der Waals surface area contributed by atoms with Crippen LogP contribution in [-0.4, -0.2) is 47.8 Å². The third-order valence-corrected chi connectivity index (χ3v) is 4.97. The van der Waals surface area contributed by atoms with E-state index < -0.39 is 0 Å². The van der Waals surface area contributed by atoms with E-state index in [1.807, 2.05) is 41.8 Å². The maximum atomic E-state index is 12.6. The van der Waals surface area contributed by atoms with Crippen molar-refractivity contribution in [3.8, 4) is 0 Å². The molecule has 0 aromatic heterocycles. The van der Waals surface area contributed by atoms with Gasteiger partial charge in [-0.3, -0.25) is 9.59 Å². The van der Waals surface area contributed by atoms with Crippen molar-refractivity contribution in [2.24, 2.45) is 5.92 Å². The highest BCUT2D eigenvalue weighted by Gasteiger charge is 2.26. The summed E-state index contributed by atoms with van der Waals surface area (Å²) in [7, 11) is 0. The molecule has 1 heterocycles. The third kappa shape index (κ3) is 3.97. The number of benzene rings is 1. The molecule has 1 aromatic carbocycles. The van der Waals surface area contributed by atoms with Gasteiger partial charge in [-0.15, -0.1) is 0 Å². The molecule has 0 unspecified atom stereocenters. The van der Waals surface area contributed by atoms with E-state index in [-0.39, 0.29) is 17.7 Å². The summed E-state index contributed by atoms with van der Waals surface area (Å²) in [6.07, 6.45) is 0. The number of rotatable bonds is 2. The first-order valence-electron chi connectivity index (χ1n) is 6.93. The van der Waals surface area contributed by atoms with Crippen molar-refractivity contribution in [2.75, 3.05) is 26.2 Å². The first kappa shape index (κ1) is 16.7. The fourth-order valence-electron chi connectivity index (χ4n) is 2.33. The second-order valence-corrected chi connectivity index (χ2v) is 7.47. The van der Waals surface area contributed by atoms with E-state index in [0.717, 1.165) is 8.04 Å². The highest BCUT2D eigenvalue weighted by Crippen LogP contribution is 2.21. The first-order chi connectivity index (χ1) is 9.90. The molecule has 0 aliphatic carbocycles. The highest BCUT2D eigenvalue weighted by atomic mass is 127. The SMILES string of the molecule is CC(C)C(=O)N1CCN(C(=O)c2cc(Br)ccc2I)CC1. The normalized spacial score (nSPS) is 15.5. The maximum Gasteiger partial charge on any atom is 0.255 e. The van der Waals surface area contributed by atoms with E-state index in [0.29, 0.717) is 31.7 Å². The summed E-state index contributed by atoms with van der Waals surface area (Å²) in [5, 5.41) is 0. The smallest absolute Gasteiger partial charge is 0.255 e. The lowest BCUT2D eigenvalue weighted by molar-refractivity contribution is -0.135. The number of nitrogens with zero attached hydrogens (tertiary/aromatic N) is 2. The molecule has 6 heteroatoms. The van der Waals surface area contributed by atoms with Crippen molar-refractivity contribution >= 4 is 50.3 Å². The van der Waals surface area contributed by atoms with Gasteiger partial charge in [-0.2, -0.15) is 0 Å². The molecule has 2 rings (SSSR count). The van der Waals surface area contributed by atoms with Crippen molar-refractivity contribution in [1.82, 2.24) is 9.80 Å². The van der Waals surface area contributed by atoms with Crippen LogP contribution in [0.15, 0.2) is 22.7 Å². The standard InChI is InChI=1S/C15H18BrIN2O2/c1-10(2)14(20)18-5-7-19(8-6-18)15(21)12-9-11(16)3-4-13(12)17/h3-4,9-10H,5-8H2,1-2H3. The van der Waals surface area contributed by atoms with Crippen molar-refractivity contribution in [3.63, 3.8) is 0 Å². The number of piperazine rings is 1. The number of hydrogen-bond donors (Lipinski definition) is 0. The number of carbonyl (C=O) groups excluding carboxylic acids is 2. The lowest BCUT2D eigenvalue weighted by Gasteiger charge is -2.35. The summed E-state index contributed by atoms with van der Waals surface area (Å²) in [4.78, 5) is 28.2. The van der Waals surface area contributed by atoms with Crippen molar-refractivity contribution in [1.29, 1.82) is 0 Å². The Morgan fingerprint density at radius 3 is 2.29 bits per heavy atom. The molecule has 1 aromatic rings. The molecule has 21 heavy (non-hydrogen) atoms. The van der Waals surface area contributed by atoms with E-state index in [2.05, 4.69) is 38.5 Å². The van der Waals surface area contributed by atoms with Crippen LogP contribution >= 0.6 is 38.5 Å². The summed E-state index contributed by atoms with van der Waals surface area (Å²) >= 11 is 5.59. The molecule has 114 valence electrons. The molecule has 1 aliphatic heterocycles. The fourth-order valence-corrected chi connectivity index (χ4v) is 3.25. The van der Waals surface area contributed by atoms with Crippen LogP contribution in [0.3, 0.4) is 0 Å². The monoisotopic (exact) mass is 464 g/mol. The Morgan fingerprint density at radius 2 is 1.71 bits per heavy atom. The predicted octanol–water partition coefficient (Wildman–Crippen LogP) is 2.99. The Labute approximate surface area is 147 Å². The zero-order valence-corrected chi connectivity index (χ0v) is 15.8. The molecule has 0 atom stereocenters. The van der Waals surface area contributed by atoms with Crippen molar-refractivity contribution in [2.45, 2.75) is 13.8 Å². The summed E-state index contributed by atoms with van der Waals surface area (Å²) in [6, 6.07) is 5.71. The van der Waals surface area contributed by atoms with E-state index in [9.17, 15) is 9.59 Å². The predicted molar refractivity (Wildman–Crippen MR) is 94.2 cm³/mol. The van der Waals surface area contributed by atoms with Crippen molar-refractivity contribution in [3.05, 3.63) is 31.8 Å². The third-order valence-electron chi connectivity index (χ3n) is 3.53. The van der Waals surface area contributed by atoms with Crippen LogP contribution in [0.25, 0.3) is 0 Å². The van der Waals surface area contributed by atoms with Gasteiger partial charge in [0.05, 0.1) is 5.56 Å². The quantitative estimate of drug-likeness (QED) is 0.631. The Hall–Kier alpha value is -0.630. The minimum Gasteiger partial charge on any atom is -0.339 e. The molecular weight excluding hydrogens is 447 g/mol. The average molecular weight is 465 g/mol. The average Bonchev–Trinajstić information content (AvgIpc) is 2.48. The lowest BCUT2D eigenvalue weighted by Crippen LogP contribution is -2.51. The van der Waals surface area contributed by atoms with Crippen LogP contribution in [0.2, 0.25) is 0 Å². The molecule has 0 N–H and O–H groups in total. The van der Waals surface area contributed by atoms with Crippen LogP contribution < -0.4 is 0 Å². The second kappa shape index (κ2) is 7.09. The first-order valence-corrected chi connectivity index (χ1v) is 8.80. The fraction of sp³-hybridized carbons (Fsp3) is 0.467. The molecule has 4 nitrogen and oxygen atoms in total. The maximum absolute atomic E-state index is 12.6. The summed E-state index contributed by atoms with van der Waals surface area (Å²) in [6.45, 7) is 6.24. The van der Waals surface area contributed by atoms with Gasteiger partial charge in [0.1, 0.15) is 0 Å². The Balaban J connectivity index is 2.03. The van der Waals surface area contributed by atoms with Crippen LogP contribution in [-0.2, 0) is 4.79 Å². The Bertz CT molecular complexity index is 555. The van der Waals surface area contributed by atoms with E-state index in [1.54, 1.807) is 0 Å². The molecule has 2 amide bonds. The number of hydrogen-bond acceptors (Lipinski definition) is 2. The van der Waals surface area contributed by atoms with E-state index in [1.165, 1.54) is 0 Å². The highest BCUT2D eigenvalue weighted by molar-refractivity contribution is 14.1. The molecule has 0 saturated carbocycles. The molecule has 1 saturated heterocycles. The molecule has 1 aliphatic rings. The number of halogens is 2. The van der Waals surface area contributed by atoms with Gasteiger partial charge in [0.15, 0.2) is 0 Å². The van der Waals surface area contributed by atoms with Gasteiger partial charge in [0.25, 0.3) is 5.91 Å². The molecular formula is C15H18BrIN2O2. The van der Waals surface area contributed by atoms with Gasteiger partial charge in [0, 0.05) is 40.1 Å². The van der Waals surface area contributed by atoms with Crippen LogP contribution in [0.1, 0.15) is 24.2 Å². The van der Waals surface area contributed by atoms with Gasteiger partial charge in [-0.25, -0.2) is 0 Å². The van der Waals surface area contributed by atoms with Gasteiger partial charge in [0.2, 0.25) is 5.91 Å². The van der Waals surface area contributed by atoms with Gasteiger partial charge in [-0.05, 0) is 40.8 Å². The molecule has 1 fully saturated rings. The van der Waals surface area contributed by atoms with Gasteiger partial charge < -0.3 is 9.80 Å². The van der Waals surface area contributed by atoms with Gasteiger partial charge in [-0.1, -0.05) is 29.8 Å². The van der Waals surface area contributed by atoms with Crippen LogP contribution in [0.5, 0.6) is 0 Å². The molecule has 0 spiro atoms. The summed E-state index contributed by atoms with van der Waals surface area (Å²) < 4.78 is 1.85. The molecule has 0 bridgehead atoms. The van der Waals surface area contributed by atoms with E-state index in [4.69, 9.17) is 0 Å². The summed E-state index contributed by atoms with van der Waals surface area (Å²) in [5.41, 5.74) is 0.716. The zero-order valence-electron chi connectivity index (χ0n) is 12.1. The minimum atomic E-state index is 0.0123. The number of amides is 2. The lowest BCUT2D eigenvalue weighted by atomic mass is 10.1. The molecule has 0 radical (unpaired) electrons. The van der Waals surface area contributed by atoms with Gasteiger partial charge >= 0.3 is 0 Å². The van der Waals surface area contributed by atoms with Crippen LogP contribution in [0.4, 0.5) is 0 Å². The van der Waals surface area contributed by atoms with E-state index >= 15 is 0 Å². The minimum absolute atomic E-state index is 0.0123. The second-order valence-electron chi connectivity index (χ2n) is 5.40. The largest absolute Gasteiger partial charge is 0.339 e. The summed E-state index contributed by atoms with van der Waals surface area (Å²) in [5.74, 6) is 0.217. The van der Waals surface area contributed by atoms with Crippen LogP contribution in [0, 0.1) is 9.49 Å².